The molecule has 2 aromatic rings. The van der Waals surface area contributed by atoms with E-state index >= 15 is 0 Å². The van der Waals surface area contributed by atoms with Crippen LogP contribution in [0.5, 0.6) is 11.5 Å². The van der Waals surface area contributed by atoms with Crippen LogP contribution in [0.15, 0.2) is 42.5 Å². The average Bonchev–Trinajstić information content (AvgIpc) is 3.15. The first kappa shape index (κ1) is 17.4. The van der Waals surface area contributed by atoms with Gasteiger partial charge in [0.25, 0.3) is 5.91 Å². The number of carbonyl (C=O) groups is 2. The zero-order valence-electron chi connectivity index (χ0n) is 15.0. The fraction of sp³-hybridized carbons (Fsp3) is 0.300. The van der Waals surface area contributed by atoms with Gasteiger partial charge in [-0.15, -0.1) is 0 Å². The highest BCUT2D eigenvalue weighted by molar-refractivity contribution is 5.97. The number of nitrogens with two attached hydrogens (primary N) is 1. The van der Waals surface area contributed by atoms with Crippen molar-refractivity contribution < 1.29 is 24.4 Å². The minimum atomic E-state index is -0.645. The summed E-state index contributed by atoms with van der Waals surface area (Å²) in [6.45, 7) is 2.63. The molecular weight excluding hydrogens is 346 g/mol. The molecule has 27 heavy (non-hydrogen) atoms. The number of ether oxygens (including phenoxy) is 2. The van der Waals surface area contributed by atoms with Crippen molar-refractivity contribution in [3.63, 3.8) is 0 Å². The predicted molar refractivity (Wildman–Crippen MR) is 98.4 cm³/mol. The number of amides is 2. The zero-order valence-corrected chi connectivity index (χ0v) is 15.0. The third-order valence-corrected chi connectivity index (χ3v) is 4.91. The van der Waals surface area contributed by atoms with Crippen LogP contribution in [0.3, 0.4) is 0 Å². The van der Waals surface area contributed by atoms with E-state index in [1.807, 2.05) is 17.4 Å². The Morgan fingerprint density at radius 1 is 1.11 bits per heavy atom. The number of fused-ring (bicyclic) bond motifs is 2. The molecule has 4 N–H and O–H groups in total. The quantitative estimate of drug-likeness (QED) is 0.735. The predicted octanol–water partition coefficient (Wildman–Crippen LogP) is 0.547. The number of rotatable bonds is 4. The van der Waals surface area contributed by atoms with Gasteiger partial charge >= 0.3 is 0 Å². The highest BCUT2D eigenvalue weighted by Crippen LogP contribution is 2.34. The van der Waals surface area contributed by atoms with Crippen molar-refractivity contribution in [2.24, 2.45) is 0 Å². The summed E-state index contributed by atoms with van der Waals surface area (Å²) in [6.07, 6.45) is 0.665. The van der Waals surface area contributed by atoms with Gasteiger partial charge in [0.1, 0.15) is 12.6 Å². The number of carbonyl (C=O) groups excluding carboxylic acids is 2. The van der Waals surface area contributed by atoms with Gasteiger partial charge in [0.05, 0.1) is 0 Å². The lowest BCUT2D eigenvalue weighted by Gasteiger charge is -2.23. The van der Waals surface area contributed by atoms with E-state index in [1.54, 1.807) is 25.1 Å². The van der Waals surface area contributed by atoms with Gasteiger partial charge < -0.3 is 25.4 Å². The van der Waals surface area contributed by atoms with Gasteiger partial charge in [-0.3, -0.25) is 9.59 Å². The molecule has 7 heteroatoms. The Kier molecular flexibility index (Phi) is 4.68. The first-order chi connectivity index (χ1) is 13.1. The van der Waals surface area contributed by atoms with Gasteiger partial charge in [0.2, 0.25) is 12.7 Å². The third-order valence-electron chi connectivity index (χ3n) is 4.91. The highest BCUT2D eigenvalue weighted by Gasteiger charge is 2.29. The molecule has 0 radical (unpaired) electrons. The Balaban J connectivity index is 1.34. The van der Waals surface area contributed by atoms with E-state index in [2.05, 4.69) is 22.8 Å². The molecule has 0 aromatic heterocycles. The number of benzene rings is 2. The maximum atomic E-state index is 12.6. The fourth-order valence-electron chi connectivity index (χ4n) is 3.36. The number of nitrogens with one attached hydrogen (secondary N) is 2. The maximum absolute atomic E-state index is 12.6. The van der Waals surface area contributed by atoms with Crippen molar-refractivity contribution in [3.8, 4) is 11.5 Å². The van der Waals surface area contributed by atoms with E-state index in [0.717, 1.165) is 6.54 Å². The van der Waals surface area contributed by atoms with Crippen LogP contribution in [-0.4, -0.2) is 30.7 Å². The molecule has 7 nitrogen and oxygen atoms in total. The minimum Gasteiger partial charge on any atom is -0.454 e. The van der Waals surface area contributed by atoms with Gasteiger partial charge in [-0.2, -0.15) is 0 Å². The van der Waals surface area contributed by atoms with Crippen LogP contribution in [-0.2, 0) is 22.6 Å². The van der Waals surface area contributed by atoms with Gasteiger partial charge in [-0.1, -0.05) is 24.3 Å². The molecule has 0 saturated carbocycles. The van der Waals surface area contributed by atoms with Crippen molar-refractivity contribution in [2.45, 2.75) is 32.0 Å². The fourth-order valence-corrected chi connectivity index (χ4v) is 3.36. The molecule has 2 aliphatic rings. The highest BCUT2D eigenvalue weighted by atomic mass is 16.7. The van der Waals surface area contributed by atoms with Crippen molar-refractivity contribution in [1.29, 1.82) is 0 Å². The topological polar surface area (TPSA) is 93.3 Å². The average molecular weight is 368 g/mol. The van der Waals surface area contributed by atoms with Crippen LogP contribution in [0.1, 0.15) is 18.1 Å². The van der Waals surface area contributed by atoms with E-state index in [0.29, 0.717) is 23.6 Å². The van der Waals surface area contributed by atoms with Crippen LogP contribution < -0.4 is 25.4 Å². The lowest BCUT2D eigenvalue weighted by Crippen LogP contribution is -2.93. The molecule has 2 amide bonds. The monoisotopic (exact) mass is 368 g/mol. The van der Waals surface area contributed by atoms with Crippen molar-refractivity contribution >= 4 is 17.5 Å². The van der Waals surface area contributed by atoms with Gasteiger partial charge in [0, 0.05) is 23.7 Å². The summed E-state index contributed by atoms with van der Waals surface area (Å²) in [5.74, 6) is 0.846. The molecule has 2 heterocycles. The van der Waals surface area contributed by atoms with Crippen molar-refractivity contribution in [2.75, 3.05) is 12.1 Å². The first-order valence-electron chi connectivity index (χ1n) is 9.01. The van der Waals surface area contributed by atoms with E-state index in [9.17, 15) is 9.59 Å². The Bertz CT molecular complexity index is 883. The second kappa shape index (κ2) is 7.28. The first-order valence-corrected chi connectivity index (χ1v) is 9.01. The Labute approximate surface area is 157 Å². The molecule has 2 aromatic carbocycles. The van der Waals surface area contributed by atoms with E-state index in [4.69, 9.17) is 9.47 Å². The lowest BCUT2D eigenvalue weighted by atomic mass is 9.95. The summed E-state index contributed by atoms with van der Waals surface area (Å²) in [6, 6.07) is 12.5. The minimum absolute atomic E-state index is 0.127. The van der Waals surface area contributed by atoms with Crippen LogP contribution in [0.2, 0.25) is 0 Å². The van der Waals surface area contributed by atoms with Crippen LogP contribution in [0.4, 0.5) is 5.69 Å². The smallest absolute Gasteiger partial charge is 0.279 e. The molecule has 2 atom stereocenters. The number of hydrogen-bond donors (Lipinski definition) is 3. The number of quaternary nitrogens is 1. The molecule has 0 unspecified atom stereocenters. The van der Waals surface area contributed by atoms with E-state index in [1.165, 1.54) is 11.1 Å². The van der Waals surface area contributed by atoms with Gasteiger partial charge in [-0.05, 0) is 24.6 Å². The molecule has 4 rings (SSSR count). The SMILES string of the molecule is C[C@H](NC(=O)[C@@H]1Cc2ccccc2C[NH2+]1)C(=O)Nc1ccc2c(c1)OCO2. The summed E-state index contributed by atoms with van der Waals surface area (Å²) >= 11 is 0. The zero-order chi connectivity index (χ0) is 18.8. The standard InChI is InChI=1S/C20H21N3O4/c1-12(19(24)23-15-6-7-17-18(9-15)27-11-26-17)22-20(25)16-8-13-4-2-3-5-14(13)10-21-16/h2-7,9,12,16,21H,8,10-11H2,1H3,(H,22,25)(H,23,24)/p+1/t12-,16-/m0/s1. The second-order valence-electron chi connectivity index (χ2n) is 6.81. The molecule has 140 valence electrons. The normalized spacial score (nSPS) is 18.3. The molecule has 0 spiro atoms. The maximum Gasteiger partial charge on any atom is 0.279 e. The third kappa shape index (κ3) is 3.73. The van der Waals surface area contributed by atoms with Crippen LogP contribution >= 0.6 is 0 Å². The second-order valence-corrected chi connectivity index (χ2v) is 6.81. The number of hydrogen-bond acceptors (Lipinski definition) is 4. The summed E-state index contributed by atoms with van der Waals surface area (Å²) in [5, 5.41) is 7.62. The molecular formula is C20H22N3O4+. The van der Waals surface area contributed by atoms with Crippen LogP contribution in [0, 0.1) is 0 Å². The van der Waals surface area contributed by atoms with Crippen LogP contribution in [0.25, 0.3) is 0 Å². The molecule has 0 saturated heterocycles. The van der Waals surface area contributed by atoms with E-state index < -0.39 is 6.04 Å². The Morgan fingerprint density at radius 2 is 1.89 bits per heavy atom. The van der Waals surface area contributed by atoms with Crippen molar-refractivity contribution in [1.82, 2.24) is 5.32 Å². The summed E-state index contributed by atoms with van der Waals surface area (Å²) < 4.78 is 10.6. The van der Waals surface area contributed by atoms with E-state index in [-0.39, 0.29) is 24.6 Å². The van der Waals surface area contributed by atoms with Gasteiger partial charge in [-0.25, -0.2) is 0 Å². The molecule has 0 aliphatic carbocycles. The van der Waals surface area contributed by atoms with Crippen molar-refractivity contribution in [3.05, 3.63) is 53.6 Å². The summed E-state index contributed by atoms with van der Waals surface area (Å²) in [7, 11) is 0. The number of anilines is 1. The Morgan fingerprint density at radius 3 is 2.74 bits per heavy atom. The molecule has 0 bridgehead atoms. The summed E-state index contributed by atoms with van der Waals surface area (Å²) in [4.78, 5) is 25.0. The molecule has 0 fully saturated rings. The summed E-state index contributed by atoms with van der Waals surface area (Å²) in [5.41, 5.74) is 3.05. The van der Waals surface area contributed by atoms with Gasteiger partial charge in [0.15, 0.2) is 17.5 Å². The molecule has 2 aliphatic heterocycles. The lowest BCUT2D eigenvalue weighted by molar-refractivity contribution is -0.695. The largest absolute Gasteiger partial charge is 0.454 e. The Hall–Kier alpha value is -3.06.